The largest absolute Gasteiger partial charge is 0.385 e. The van der Waals surface area contributed by atoms with Crippen molar-refractivity contribution in [2.45, 2.75) is 5.60 Å². The molecule has 6 heteroatoms. The van der Waals surface area contributed by atoms with Gasteiger partial charge in [0.15, 0.2) is 18.9 Å². The van der Waals surface area contributed by atoms with Gasteiger partial charge in [0.2, 0.25) is 5.60 Å². The monoisotopic (exact) mass is 171 g/mol. The number of nitrogens with zero attached hydrogens (tertiary/aromatic N) is 1. The number of hydrogen-bond acceptors (Lipinski definition) is 5. The minimum absolute atomic E-state index is 0.0807. The molecule has 0 rings (SSSR count). The number of carbonyl (C=O) groups excluding carboxylic acids is 3. The third-order valence-electron chi connectivity index (χ3n) is 0.939. The first-order valence-corrected chi connectivity index (χ1v) is 3.93. The molecule has 0 aliphatic heterocycles. The molecule has 0 radical (unpaired) electrons. The molecule has 0 aromatic carbocycles. The van der Waals surface area contributed by atoms with Gasteiger partial charge in [0.25, 0.3) is 9.76 Å². The van der Waals surface area contributed by atoms with Crippen LogP contribution in [0.3, 0.4) is 0 Å². The number of nitriles is 1. The predicted molar refractivity (Wildman–Crippen MR) is 36.2 cm³/mol. The van der Waals surface area contributed by atoms with Crippen LogP contribution in [0, 0.1) is 11.0 Å². The Morgan fingerprint density at radius 2 is 1.73 bits per heavy atom. The van der Waals surface area contributed by atoms with Crippen LogP contribution in [-0.4, -0.2) is 34.2 Å². The Morgan fingerprint density at radius 1 is 1.27 bits per heavy atom. The molecular weight excluding hydrogens is 166 g/mol. The lowest BCUT2D eigenvalue weighted by Gasteiger charge is -2.11. The lowest BCUT2D eigenvalue weighted by atomic mass is 10.2. The van der Waals surface area contributed by atoms with E-state index in [1.807, 2.05) is 0 Å². The summed E-state index contributed by atoms with van der Waals surface area (Å²) in [6.07, 6.45) is 0.242. The quantitative estimate of drug-likeness (QED) is 0.269. The summed E-state index contributed by atoms with van der Waals surface area (Å²) in [6.45, 7) is 0. The van der Waals surface area contributed by atoms with Gasteiger partial charge in [-0.3, -0.25) is 14.4 Å². The van der Waals surface area contributed by atoms with E-state index in [0.29, 0.717) is 0 Å². The second-order valence-corrected chi connectivity index (χ2v) is 2.55. The van der Waals surface area contributed by atoms with E-state index in [1.165, 1.54) is 0 Å². The maximum absolute atomic E-state index is 10.1. The van der Waals surface area contributed by atoms with Crippen LogP contribution in [-0.2, 0) is 18.8 Å². The Labute approximate surface area is 64.9 Å². The highest BCUT2D eigenvalue weighted by atomic mass is 28.2. The zero-order chi connectivity index (χ0) is 8.74. The molecule has 0 bridgehead atoms. The molecule has 0 N–H and O–H groups in total. The minimum atomic E-state index is -2.03. The molecule has 0 unspecified atom stereocenters. The van der Waals surface area contributed by atoms with Crippen LogP contribution in [0.2, 0.25) is 0 Å². The molecule has 0 amide bonds. The molecule has 0 saturated carbocycles. The Morgan fingerprint density at radius 3 is 2.00 bits per heavy atom. The molecule has 0 aromatic rings. The molecule has 58 valence electrons. The summed E-state index contributed by atoms with van der Waals surface area (Å²) in [5, 5.41) is 8.06. The normalized spacial score (nSPS) is 10.8. The van der Waals surface area contributed by atoms with Crippen LogP contribution in [0.15, 0.2) is 0 Å². The Bertz CT molecular complexity index is 187. The molecule has 0 aromatic heterocycles. The SMILES string of the molecule is N#C[SiH2]OC(C=O)(C=O)C=O. The van der Waals surface area contributed by atoms with Gasteiger partial charge in [0.05, 0.1) is 5.69 Å². The Hall–Kier alpha value is -1.32. The van der Waals surface area contributed by atoms with Gasteiger partial charge in [-0.25, -0.2) is 5.26 Å². The van der Waals surface area contributed by atoms with Crippen molar-refractivity contribution in [1.29, 1.82) is 5.26 Å². The van der Waals surface area contributed by atoms with Crippen LogP contribution in [0.5, 0.6) is 0 Å². The third kappa shape index (κ3) is 2.41. The lowest BCUT2D eigenvalue weighted by molar-refractivity contribution is -0.138. The second kappa shape index (κ2) is 4.49. The average Bonchev–Trinajstić information content (AvgIpc) is 2.08. The number of carbonyl (C=O) groups is 3. The first-order chi connectivity index (χ1) is 5.24. The summed E-state index contributed by atoms with van der Waals surface area (Å²) in [5.74, 6) is 0. The van der Waals surface area contributed by atoms with Gasteiger partial charge in [0, 0.05) is 0 Å². The van der Waals surface area contributed by atoms with Crippen molar-refractivity contribution in [2.24, 2.45) is 0 Å². The Kier molecular flexibility index (Phi) is 3.95. The predicted octanol–water partition coefficient (Wildman–Crippen LogP) is -2.10. The topological polar surface area (TPSA) is 84.2 Å². The number of aldehydes is 3. The van der Waals surface area contributed by atoms with Crippen molar-refractivity contribution < 1.29 is 18.8 Å². The van der Waals surface area contributed by atoms with Gasteiger partial charge in [-0.2, -0.15) is 0 Å². The van der Waals surface area contributed by atoms with Gasteiger partial charge in [0.1, 0.15) is 0 Å². The fourth-order valence-electron chi connectivity index (χ4n) is 0.343. The van der Waals surface area contributed by atoms with Crippen molar-refractivity contribution in [2.75, 3.05) is 0 Å². The van der Waals surface area contributed by atoms with Crippen molar-refractivity contribution in [3.63, 3.8) is 0 Å². The van der Waals surface area contributed by atoms with Crippen molar-refractivity contribution >= 4 is 28.6 Å². The third-order valence-corrected chi connectivity index (χ3v) is 1.71. The number of rotatable bonds is 5. The number of hydrogen-bond donors (Lipinski definition) is 0. The smallest absolute Gasteiger partial charge is 0.277 e. The molecule has 0 aliphatic rings. The standard InChI is InChI=1S/C5H5NO4Si/c6-4-11-10-5(1-7,2-8)3-9/h1-3H,11H2. The molecule has 0 fully saturated rings. The van der Waals surface area contributed by atoms with Gasteiger partial charge in [-0.1, -0.05) is 0 Å². The summed E-state index contributed by atoms with van der Waals surface area (Å²) in [6, 6.07) is 0. The summed E-state index contributed by atoms with van der Waals surface area (Å²) in [7, 11) is -1.60. The second-order valence-electron chi connectivity index (χ2n) is 1.65. The fourth-order valence-corrected chi connectivity index (χ4v) is 0.861. The highest BCUT2D eigenvalue weighted by Gasteiger charge is 2.29. The minimum Gasteiger partial charge on any atom is -0.385 e. The van der Waals surface area contributed by atoms with E-state index in [0.717, 1.165) is 0 Å². The first-order valence-electron chi connectivity index (χ1n) is 2.64. The van der Waals surface area contributed by atoms with Gasteiger partial charge in [-0.15, -0.1) is 0 Å². The molecule has 0 aliphatic carbocycles. The molecule has 0 heterocycles. The van der Waals surface area contributed by atoms with Gasteiger partial charge < -0.3 is 4.43 Å². The highest BCUT2D eigenvalue weighted by Crippen LogP contribution is 1.97. The van der Waals surface area contributed by atoms with Crippen molar-refractivity contribution in [3.05, 3.63) is 0 Å². The van der Waals surface area contributed by atoms with E-state index >= 15 is 0 Å². The van der Waals surface area contributed by atoms with Crippen LogP contribution >= 0.6 is 0 Å². The van der Waals surface area contributed by atoms with Crippen molar-refractivity contribution in [3.8, 4) is 5.69 Å². The summed E-state index contributed by atoms with van der Waals surface area (Å²) < 4.78 is 4.50. The van der Waals surface area contributed by atoms with Crippen molar-refractivity contribution in [1.82, 2.24) is 0 Å². The van der Waals surface area contributed by atoms with Crippen LogP contribution in [0.25, 0.3) is 0 Å². The highest BCUT2D eigenvalue weighted by molar-refractivity contribution is 6.39. The molecular formula is C5H5NO4Si. The van der Waals surface area contributed by atoms with E-state index in [1.54, 1.807) is 5.69 Å². The molecule has 11 heavy (non-hydrogen) atoms. The van der Waals surface area contributed by atoms with E-state index in [9.17, 15) is 14.4 Å². The zero-order valence-corrected chi connectivity index (χ0v) is 6.93. The first kappa shape index (κ1) is 9.68. The van der Waals surface area contributed by atoms with E-state index in [-0.39, 0.29) is 18.9 Å². The maximum atomic E-state index is 10.1. The molecule has 0 spiro atoms. The lowest BCUT2D eigenvalue weighted by Crippen LogP contribution is -2.39. The van der Waals surface area contributed by atoms with Crippen LogP contribution in [0.4, 0.5) is 0 Å². The van der Waals surface area contributed by atoms with Crippen LogP contribution in [0.1, 0.15) is 0 Å². The summed E-state index contributed by atoms with van der Waals surface area (Å²) >= 11 is 0. The van der Waals surface area contributed by atoms with Crippen LogP contribution < -0.4 is 0 Å². The van der Waals surface area contributed by atoms with Gasteiger partial charge in [-0.05, 0) is 0 Å². The Balaban J connectivity index is 4.31. The maximum Gasteiger partial charge on any atom is 0.277 e. The molecule has 5 nitrogen and oxygen atoms in total. The van der Waals surface area contributed by atoms with E-state index in [2.05, 4.69) is 4.43 Å². The summed E-state index contributed by atoms with van der Waals surface area (Å²) in [4.78, 5) is 30.4. The van der Waals surface area contributed by atoms with E-state index in [4.69, 9.17) is 5.26 Å². The van der Waals surface area contributed by atoms with Gasteiger partial charge >= 0.3 is 0 Å². The van der Waals surface area contributed by atoms with E-state index < -0.39 is 15.4 Å². The molecule has 0 saturated heterocycles. The summed E-state index contributed by atoms with van der Waals surface area (Å²) in [5.41, 5.74) is -0.360. The fraction of sp³-hybridized carbons (Fsp3) is 0.200. The molecule has 0 atom stereocenters. The average molecular weight is 171 g/mol. The zero-order valence-electron chi connectivity index (χ0n) is 5.52.